The molecule has 25 heavy (non-hydrogen) atoms. The zero-order valence-corrected chi connectivity index (χ0v) is 14.9. The zero-order valence-electron chi connectivity index (χ0n) is 13.4. The summed E-state index contributed by atoms with van der Waals surface area (Å²) in [7, 11) is 2.93. The van der Waals surface area contributed by atoms with E-state index in [0.717, 1.165) is 0 Å². The number of hydrogen-bond donors (Lipinski definition) is 1. The number of anilines is 1. The van der Waals surface area contributed by atoms with E-state index < -0.39 is 5.91 Å². The molecule has 0 aliphatic carbocycles. The average molecular weight is 381 g/mol. The van der Waals surface area contributed by atoms with Gasteiger partial charge in [-0.15, -0.1) is 0 Å². The van der Waals surface area contributed by atoms with Crippen LogP contribution in [0.5, 0.6) is 17.2 Å². The molecule has 0 saturated heterocycles. The van der Waals surface area contributed by atoms with E-state index in [1.807, 2.05) is 6.07 Å². The van der Waals surface area contributed by atoms with Gasteiger partial charge in [-0.05, 0) is 18.2 Å². The smallest absolute Gasteiger partial charge is 0.262 e. The quantitative estimate of drug-likeness (QED) is 0.821. The van der Waals surface area contributed by atoms with Crippen molar-refractivity contribution >= 4 is 34.8 Å². The number of methoxy groups -OCH3 is 2. The van der Waals surface area contributed by atoms with Gasteiger partial charge in [-0.2, -0.15) is 5.26 Å². The Morgan fingerprint density at radius 1 is 1.08 bits per heavy atom. The Balaban J connectivity index is 2.07. The van der Waals surface area contributed by atoms with Crippen molar-refractivity contribution in [3.63, 3.8) is 0 Å². The van der Waals surface area contributed by atoms with E-state index in [-0.39, 0.29) is 11.6 Å². The molecule has 0 radical (unpaired) electrons. The van der Waals surface area contributed by atoms with Crippen molar-refractivity contribution in [3.05, 3.63) is 45.9 Å². The highest BCUT2D eigenvalue weighted by molar-refractivity contribution is 6.32. The van der Waals surface area contributed by atoms with Gasteiger partial charge in [-0.1, -0.05) is 23.2 Å². The Morgan fingerprint density at radius 3 is 2.36 bits per heavy atom. The third-order valence-electron chi connectivity index (χ3n) is 3.17. The fourth-order valence-electron chi connectivity index (χ4n) is 1.98. The Morgan fingerprint density at radius 2 is 1.76 bits per heavy atom. The van der Waals surface area contributed by atoms with Crippen LogP contribution in [0.1, 0.15) is 5.56 Å². The lowest BCUT2D eigenvalue weighted by atomic mass is 10.2. The van der Waals surface area contributed by atoms with Crippen LogP contribution in [0, 0.1) is 11.3 Å². The second-order valence-electron chi connectivity index (χ2n) is 4.78. The molecule has 2 aromatic rings. The lowest BCUT2D eigenvalue weighted by molar-refractivity contribution is -0.118. The third kappa shape index (κ3) is 4.69. The molecule has 0 spiro atoms. The lowest BCUT2D eigenvalue weighted by Crippen LogP contribution is -2.20. The summed E-state index contributed by atoms with van der Waals surface area (Å²) < 4.78 is 15.7. The average Bonchev–Trinajstić information content (AvgIpc) is 2.61. The summed E-state index contributed by atoms with van der Waals surface area (Å²) in [5.74, 6) is 0.656. The topological polar surface area (TPSA) is 80.6 Å². The van der Waals surface area contributed by atoms with E-state index in [0.29, 0.717) is 33.5 Å². The molecule has 2 aromatic carbocycles. The highest BCUT2D eigenvalue weighted by atomic mass is 35.5. The molecule has 1 N–H and O–H groups in total. The predicted octanol–water partition coefficient (Wildman–Crippen LogP) is 3.90. The first-order valence-corrected chi connectivity index (χ1v) is 7.78. The van der Waals surface area contributed by atoms with Crippen LogP contribution in [0.3, 0.4) is 0 Å². The monoisotopic (exact) mass is 380 g/mol. The molecular weight excluding hydrogens is 367 g/mol. The van der Waals surface area contributed by atoms with E-state index in [4.69, 9.17) is 42.7 Å². The first-order chi connectivity index (χ1) is 12.0. The maximum Gasteiger partial charge on any atom is 0.262 e. The van der Waals surface area contributed by atoms with E-state index in [9.17, 15) is 4.79 Å². The lowest BCUT2D eigenvalue weighted by Gasteiger charge is -2.13. The van der Waals surface area contributed by atoms with Gasteiger partial charge >= 0.3 is 0 Å². The summed E-state index contributed by atoms with van der Waals surface area (Å²) in [5.41, 5.74) is 0.795. The highest BCUT2D eigenvalue weighted by Gasteiger charge is 2.13. The van der Waals surface area contributed by atoms with Crippen molar-refractivity contribution in [1.82, 2.24) is 0 Å². The van der Waals surface area contributed by atoms with Gasteiger partial charge in [0.05, 0.1) is 41.6 Å². The van der Waals surface area contributed by atoms with E-state index in [1.54, 1.807) is 12.1 Å². The molecule has 0 atom stereocenters. The van der Waals surface area contributed by atoms with Crippen LogP contribution in [0.4, 0.5) is 5.69 Å². The number of benzene rings is 2. The Bertz CT molecular complexity index is 834. The van der Waals surface area contributed by atoms with Crippen molar-refractivity contribution in [2.75, 3.05) is 26.1 Å². The fraction of sp³-hybridized carbons (Fsp3) is 0.176. The molecule has 1 amide bonds. The van der Waals surface area contributed by atoms with Crippen LogP contribution >= 0.6 is 23.2 Å². The number of nitriles is 1. The third-order valence-corrected chi connectivity index (χ3v) is 3.76. The van der Waals surface area contributed by atoms with Crippen molar-refractivity contribution < 1.29 is 19.0 Å². The van der Waals surface area contributed by atoms with Gasteiger partial charge in [0.1, 0.15) is 17.2 Å². The number of carbonyl (C=O) groups is 1. The van der Waals surface area contributed by atoms with Crippen LogP contribution in [0.25, 0.3) is 0 Å². The normalized spacial score (nSPS) is 9.88. The Labute approximate surface area is 154 Å². The number of halogens is 2. The minimum Gasteiger partial charge on any atom is -0.495 e. The van der Waals surface area contributed by atoms with E-state index in [2.05, 4.69) is 5.32 Å². The van der Waals surface area contributed by atoms with Crippen molar-refractivity contribution in [2.45, 2.75) is 0 Å². The van der Waals surface area contributed by atoms with E-state index >= 15 is 0 Å². The molecular formula is C17H14Cl2N2O4. The van der Waals surface area contributed by atoms with Crippen LogP contribution in [-0.4, -0.2) is 26.7 Å². The van der Waals surface area contributed by atoms with Crippen LogP contribution in [0.15, 0.2) is 30.3 Å². The van der Waals surface area contributed by atoms with Gasteiger partial charge < -0.3 is 19.5 Å². The standard InChI is InChI=1S/C17H14Cl2N2O4/c1-23-15-7-13(16(24-2)6-12(15)19)21-17(22)9-25-14-4-3-10(8-20)5-11(14)18/h3-7H,9H2,1-2H3,(H,21,22). The summed E-state index contributed by atoms with van der Waals surface area (Å²) in [4.78, 5) is 12.1. The number of amides is 1. The molecule has 0 aliphatic heterocycles. The van der Waals surface area contributed by atoms with Gasteiger partial charge in [0.15, 0.2) is 6.61 Å². The number of carbonyl (C=O) groups excluding carboxylic acids is 1. The van der Waals surface area contributed by atoms with Crippen molar-refractivity contribution in [2.24, 2.45) is 0 Å². The summed E-state index contributed by atoms with van der Waals surface area (Å²) in [5, 5.41) is 12.1. The summed E-state index contributed by atoms with van der Waals surface area (Å²) in [6, 6.07) is 9.59. The minimum absolute atomic E-state index is 0.248. The molecule has 2 rings (SSSR count). The Kier molecular flexibility index (Phi) is 6.34. The van der Waals surface area contributed by atoms with Gasteiger partial charge in [0.2, 0.25) is 0 Å². The molecule has 0 unspecified atom stereocenters. The Hall–Kier alpha value is -2.62. The zero-order chi connectivity index (χ0) is 18.4. The van der Waals surface area contributed by atoms with Crippen molar-refractivity contribution in [3.8, 4) is 23.3 Å². The van der Waals surface area contributed by atoms with Gasteiger partial charge in [0.25, 0.3) is 5.91 Å². The summed E-state index contributed by atoms with van der Waals surface area (Å²) in [6.07, 6.45) is 0. The molecule has 8 heteroatoms. The maximum atomic E-state index is 12.1. The second-order valence-corrected chi connectivity index (χ2v) is 5.60. The van der Waals surface area contributed by atoms with Gasteiger partial charge in [0, 0.05) is 12.1 Å². The number of ether oxygens (including phenoxy) is 3. The second kappa shape index (κ2) is 8.47. The molecule has 0 heterocycles. The summed E-state index contributed by atoms with van der Waals surface area (Å²) in [6.45, 7) is -0.278. The van der Waals surface area contributed by atoms with Gasteiger partial charge in [-0.3, -0.25) is 4.79 Å². The van der Waals surface area contributed by atoms with Crippen LogP contribution in [0.2, 0.25) is 10.0 Å². The molecule has 0 bridgehead atoms. The minimum atomic E-state index is -0.428. The van der Waals surface area contributed by atoms with Crippen LogP contribution in [-0.2, 0) is 4.79 Å². The summed E-state index contributed by atoms with van der Waals surface area (Å²) >= 11 is 12.0. The van der Waals surface area contributed by atoms with E-state index in [1.165, 1.54) is 32.4 Å². The molecule has 130 valence electrons. The number of hydrogen-bond acceptors (Lipinski definition) is 5. The molecule has 0 aliphatic rings. The number of nitrogens with zero attached hydrogens (tertiary/aromatic N) is 1. The fourth-order valence-corrected chi connectivity index (χ4v) is 2.44. The predicted molar refractivity (Wildman–Crippen MR) is 94.8 cm³/mol. The highest BCUT2D eigenvalue weighted by Crippen LogP contribution is 2.35. The van der Waals surface area contributed by atoms with Crippen molar-refractivity contribution in [1.29, 1.82) is 5.26 Å². The largest absolute Gasteiger partial charge is 0.495 e. The first-order valence-electron chi connectivity index (χ1n) is 7.02. The SMILES string of the molecule is COc1cc(NC(=O)COc2ccc(C#N)cc2Cl)c(OC)cc1Cl. The molecule has 0 saturated carbocycles. The van der Waals surface area contributed by atoms with Gasteiger partial charge in [-0.25, -0.2) is 0 Å². The molecule has 6 nitrogen and oxygen atoms in total. The first kappa shape index (κ1) is 18.7. The maximum absolute atomic E-state index is 12.1. The number of nitrogens with one attached hydrogen (secondary N) is 1. The number of rotatable bonds is 6. The van der Waals surface area contributed by atoms with Crippen LogP contribution < -0.4 is 19.5 Å². The molecule has 0 fully saturated rings. The molecule has 0 aromatic heterocycles.